The summed E-state index contributed by atoms with van der Waals surface area (Å²) in [6, 6.07) is 0. The van der Waals surface area contributed by atoms with Crippen molar-refractivity contribution in [3.05, 3.63) is 12.2 Å². The number of rotatable bonds is 4. The van der Waals surface area contributed by atoms with E-state index < -0.39 is 0 Å². The van der Waals surface area contributed by atoms with Crippen molar-refractivity contribution in [2.45, 2.75) is 59.8 Å². The molecule has 1 fully saturated rings. The first-order chi connectivity index (χ1) is 7.57. The molecule has 92 valence electrons. The maximum absolute atomic E-state index is 2.49. The molecule has 0 bridgehead atoms. The highest BCUT2D eigenvalue weighted by atomic mass is 14.6. The summed E-state index contributed by atoms with van der Waals surface area (Å²) in [5.41, 5.74) is 0.626. The quantitative estimate of drug-likeness (QED) is 0.581. The minimum atomic E-state index is 0.626. The van der Waals surface area contributed by atoms with Crippen molar-refractivity contribution in [2.75, 3.05) is 0 Å². The summed E-state index contributed by atoms with van der Waals surface area (Å²) in [6.45, 7) is 9.77. The molecule has 2 aliphatic rings. The van der Waals surface area contributed by atoms with Crippen LogP contribution in [0.2, 0.25) is 0 Å². The van der Waals surface area contributed by atoms with E-state index in [9.17, 15) is 0 Å². The summed E-state index contributed by atoms with van der Waals surface area (Å²) < 4.78 is 0. The maximum Gasteiger partial charge on any atom is -0.0230 e. The van der Waals surface area contributed by atoms with Gasteiger partial charge in [0.05, 0.1) is 0 Å². The molecule has 2 rings (SSSR count). The largest absolute Gasteiger partial charge is 0.0883 e. The van der Waals surface area contributed by atoms with Crippen LogP contribution in [0.4, 0.5) is 0 Å². The highest BCUT2D eigenvalue weighted by Gasteiger charge is 2.58. The summed E-state index contributed by atoms with van der Waals surface area (Å²) in [7, 11) is 0. The molecule has 0 aromatic heterocycles. The monoisotopic (exact) mass is 220 g/mol. The van der Waals surface area contributed by atoms with Crippen LogP contribution < -0.4 is 0 Å². The van der Waals surface area contributed by atoms with Crippen LogP contribution in [0.15, 0.2) is 12.2 Å². The Morgan fingerprint density at radius 1 is 1.38 bits per heavy atom. The van der Waals surface area contributed by atoms with E-state index in [0.717, 1.165) is 23.7 Å². The average molecular weight is 220 g/mol. The summed E-state index contributed by atoms with van der Waals surface area (Å²) >= 11 is 0. The van der Waals surface area contributed by atoms with E-state index in [-0.39, 0.29) is 0 Å². The molecule has 2 aliphatic carbocycles. The van der Waals surface area contributed by atoms with Gasteiger partial charge in [-0.05, 0) is 54.8 Å². The zero-order valence-corrected chi connectivity index (χ0v) is 11.5. The highest BCUT2D eigenvalue weighted by molar-refractivity contribution is 5.08. The van der Waals surface area contributed by atoms with E-state index in [1.165, 1.54) is 32.1 Å². The van der Waals surface area contributed by atoms with Crippen LogP contribution in [0.1, 0.15) is 59.8 Å². The molecule has 0 aromatic rings. The van der Waals surface area contributed by atoms with Crippen LogP contribution in [0, 0.1) is 29.1 Å². The predicted octanol–water partition coefficient (Wildman–Crippen LogP) is 5.05. The average Bonchev–Trinajstić information content (AvgIpc) is 2.81. The Balaban J connectivity index is 1.91. The van der Waals surface area contributed by atoms with Gasteiger partial charge in [0.15, 0.2) is 0 Å². The minimum absolute atomic E-state index is 0.626. The first-order valence-electron chi connectivity index (χ1n) is 7.24. The van der Waals surface area contributed by atoms with E-state index in [1.54, 1.807) is 0 Å². The first-order valence-corrected chi connectivity index (χ1v) is 7.24. The Bertz CT molecular complexity index is 261. The number of allylic oxidation sites excluding steroid dienone is 2. The van der Waals surface area contributed by atoms with Gasteiger partial charge < -0.3 is 0 Å². The van der Waals surface area contributed by atoms with E-state index in [2.05, 4.69) is 39.8 Å². The van der Waals surface area contributed by atoms with Gasteiger partial charge in [-0.2, -0.15) is 0 Å². The molecule has 0 aliphatic heterocycles. The van der Waals surface area contributed by atoms with Crippen LogP contribution in [0.3, 0.4) is 0 Å². The van der Waals surface area contributed by atoms with Gasteiger partial charge in [-0.25, -0.2) is 0 Å². The zero-order chi connectivity index (χ0) is 11.8. The van der Waals surface area contributed by atoms with Crippen LogP contribution >= 0.6 is 0 Å². The maximum atomic E-state index is 2.49. The fourth-order valence-corrected chi connectivity index (χ4v) is 4.03. The van der Waals surface area contributed by atoms with Gasteiger partial charge in [0.1, 0.15) is 0 Å². The topological polar surface area (TPSA) is 0 Å². The Kier molecular flexibility index (Phi) is 3.47. The lowest BCUT2D eigenvalue weighted by molar-refractivity contribution is 0.405. The third-order valence-corrected chi connectivity index (χ3v) is 5.31. The fraction of sp³-hybridized carbons (Fsp3) is 0.875. The van der Waals surface area contributed by atoms with Crippen LogP contribution in [-0.2, 0) is 0 Å². The number of hydrogen-bond donors (Lipinski definition) is 0. The fourth-order valence-electron chi connectivity index (χ4n) is 4.03. The molecule has 16 heavy (non-hydrogen) atoms. The second kappa shape index (κ2) is 4.55. The van der Waals surface area contributed by atoms with Gasteiger partial charge in [0.25, 0.3) is 0 Å². The van der Waals surface area contributed by atoms with Crippen molar-refractivity contribution >= 4 is 0 Å². The minimum Gasteiger partial charge on any atom is -0.0883 e. The summed E-state index contributed by atoms with van der Waals surface area (Å²) in [5.74, 6) is 3.81. The van der Waals surface area contributed by atoms with Crippen molar-refractivity contribution in [3.63, 3.8) is 0 Å². The van der Waals surface area contributed by atoms with Gasteiger partial charge in [0.2, 0.25) is 0 Å². The lowest BCUT2D eigenvalue weighted by Crippen LogP contribution is -2.04. The summed E-state index contributed by atoms with van der Waals surface area (Å²) in [4.78, 5) is 0. The number of hydrogen-bond acceptors (Lipinski definition) is 0. The second-order valence-corrected chi connectivity index (χ2v) is 6.69. The van der Waals surface area contributed by atoms with Crippen molar-refractivity contribution in [1.82, 2.24) is 0 Å². The molecule has 0 radical (unpaired) electrons. The molecule has 0 heterocycles. The van der Waals surface area contributed by atoms with Gasteiger partial charge in [-0.1, -0.05) is 46.3 Å². The van der Waals surface area contributed by atoms with Crippen molar-refractivity contribution in [1.29, 1.82) is 0 Å². The summed E-state index contributed by atoms with van der Waals surface area (Å²) in [6.07, 6.45) is 11.9. The predicted molar refractivity (Wildman–Crippen MR) is 71.3 cm³/mol. The molecule has 0 spiro atoms. The van der Waals surface area contributed by atoms with Gasteiger partial charge in [0, 0.05) is 0 Å². The van der Waals surface area contributed by atoms with E-state index in [1.807, 2.05) is 0 Å². The van der Waals surface area contributed by atoms with E-state index in [0.29, 0.717) is 5.41 Å². The zero-order valence-electron chi connectivity index (χ0n) is 11.5. The van der Waals surface area contributed by atoms with Crippen LogP contribution in [0.25, 0.3) is 0 Å². The molecule has 4 atom stereocenters. The third-order valence-electron chi connectivity index (χ3n) is 5.31. The lowest BCUT2D eigenvalue weighted by atomic mass is 9.89. The van der Waals surface area contributed by atoms with Gasteiger partial charge in [-0.3, -0.25) is 0 Å². The Labute approximate surface area is 102 Å². The molecular formula is C16H28. The molecule has 4 unspecified atom stereocenters. The van der Waals surface area contributed by atoms with Crippen LogP contribution in [-0.4, -0.2) is 0 Å². The molecule has 0 aromatic carbocycles. The molecule has 1 saturated carbocycles. The molecular weight excluding hydrogens is 192 g/mol. The van der Waals surface area contributed by atoms with Crippen LogP contribution in [0.5, 0.6) is 0 Å². The molecule has 0 amide bonds. The SMILES string of the molecule is CCC(C)C1C(CC2C=CCCC2)C1(C)C. The standard InChI is InChI=1S/C16H28/c1-5-12(2)15-14(16(15,3)4)11-13-9-7-6-8-10-13/h7,9,12-15H,5-6,8,10-11H2,1-4H3. The Hall–Kier alpha value is -0.260. The van der Waals surface area contributed by atoms with Crippen molar-refractivity contribution in [3.8, 4) is 0 Å². The van der Waals surface area contributed by atoms with Gasteiger partial charge in [-0.15, -0.1) is 0 Å². The molecule has 0 nitrogen and oxygen atoms in total. The Morgan fingerprint density at radius 3 is 2.69 bits per heavy atom. The smallest absolute Gasteiger partial charge is 0.0230 e. The Morgan fingerprint density at radius 2 is 2.12 bits per heavy atom. The molecule has 0 N–H and O–H groups in total. The van der Waals surface area contributed by atoms with Crippen molar-refractivity contribution < 1.29 is 0 Å². The van der Waals surface area contributed by atoms with Gasteiger partial charge >= 0.3 is 0 Å². The summed E-state index contributed by atoms with van der Waals surface area (Å²) in [5, 5.41) is 0. The van der Waals surface area contributed by atoms with E-state index >= 15 is 0 Å². The first kappa shape index (κ1) is 12.2. The highest BCUT2D eigenvalue weighted by Crippen LogP contribution is 2.64. The molecule has 0 saturated heterocycles. The van der Waals surface area contributed by atoms with Crippen molar-refractivity contribution in [2.24, 2.45) is 29.1 Å². The third kappa shape index (κ3) is 2.21. The normalized spacial score (nSPS) is 38.4. The second-order valence-electron chi connectivity index (χ2n) is 6.69. The molecule has 0 heteroatoms. The van der Waals surface area contributed by atoms with E-state index in [4.69, 9.17) is 0 Å². The lowest BCUT2D eigenvalue weighted by Gasteiger charge is -2.17.